The molecule has 0 aromatic heterocycles. The second-order valence-corrected chi connectivity index (χ2v) is 4.22. The van der Waals surface area contributed by atoms with Gasteiger partial charge < -0.3 is 15.2 Å². The van der Waals surface area contributed by atoms with Crippen molar-refractivity contribution in [2.45, 2.75) is 13.0 Å². The van der Waals surface area contributed by atoms with E-state index in [0.717, 1.165) is 45.0 Å². The maximum Gasteiger partial charge on any atom is 0.123 e. The fourth-order valence-corrected chi connectivity index (χ4v) is 1.88. The van der Waals surface area contributed by atoms with E-state index < -0.39 is 0 Å². The zero-order valence-corrected chi connectivity index (χ0v) is 11.4. The van der Waals surface area contributed by atoms with Gasteiger partial charge in [-0.3, -0.25) is 4.90 Å². The Labute approximate surface area is 110 Å². The quantitative estimate of drug-likeness (QED) is 0.723. The molecule has 0 unspecified atom stereocenters. The van der Waals surface area contributed by atoms with Gasteiger partial charge in [0.2, 0.25) is 0 Å². The molecule has 102 valence electrons. The van der Waals surface area contributed by atoms with Crippen molar-refractivity contribution in [3.8, 4) is 5.75 Å². The van der Waals surface area contributed by atoms with Crippen LogP contribution in [0.4, 0.5) is 0 Å². The van der Waals surface area contributed by atoms with Gasteiger partial charge in [-0.15, -0.1) is 0 Å². The lowest BCUT2D eigenvalue weighted by Crippen LogP contribution is -2.29. The first kappa shape index (κ1) is 15.0. The topological polar surface area (TPSA) is 47.7 Å². The normalized spacial score (nSPS) is 10.9. The Morgan fingerprint density at radius 3 is 2.61 bits per heavy atom. The maximum absolute atomic E-state index is 5.57. The molecule has 18 heavy (non-hydrogen) atoms. The number of ether oxygens (including phenoxy) is 2. The minimum absolute atomic E-state index is 0.718. The van der Waals surface area contributed by atoms with E-state index in [1.807, 2.05) is 18.2 Å². The number of nitrogens with zero attached hydrogens (tertiary/aromatic N) is 1. The summed E-state index contributed by atoms with van der Waals surface area (Å²) in [4.78, 5) is 2.34. The van der Waals surface area contributed by atoms with Crippen LogP contribution in [0.2, 0.25) is 0 Å². The molecule has 4 heteroatoms. The average Bonchev–Trinajstić information content (AvgIpc) is 2.42. The monoisotopic (exact) mass is 252 g/mol. The SMILES string of the molecule is COCCN(CCCN)Cc1ccccc1OC. The lowest BCUT2D eigenvalue weighted by molar-refractivity contribution is 0.143. The number of hydrogen-bond acceptors (Lipinski definition) is 4. The molecule has 1 rings (SSSR count). The molecule has 0 aliphatic rings. The third-order valence-electron chi connectivity index (χ3n) is 2.88. The van der Waals surface area contributed by atoms with Gasteiger partial charge in [0.15, 0.2) is 0 Å². The fourth-order valence-electron chi connectivity index (χ4n) is 1.88. The molecule has 0 bridgehead atoms. The zero-order valence-electron chi connectivity index (χ0n) is 11.4. The van der Waals surface area contributed by atoms with E-state index >= 15 is 0 Å². The molecule has 0 atom stereocenters. The highest BCUT2D eigenvalue weighted by molar-refractivity contribution is 5.33. The Morgan fingerprint density at radius 1 is 1.17 bits per heavy atom. The lowest BCUT2D eigenvalue weighted by Gasteiger charge is -2.22. The minimum Gasteiger partial charge on any atom is -0.496 e. The first-order valence-electron chi connectivity index (χ1n) is 6.35. The standard InChI is InChI=1S/C14H24N2O2/c1-17-11-10-16(9-5-8-15)12-13-6-3-4-7-14(13)18-2/h3-4,6-7H,5,8-12,15H2,1-2H3. The summed E-state index contributed by atoms with van der Waals surface area (Å²) >= 11 is 0. The fraction of sp³-hybridized carbons (Fsp3) is 0.571. The number of rotatable bonds is 9. The van der Waals surface area contributed by atoms with Crippen molar-refractivity contribution in [3.05, 3.63) is 29.8 Å². The number of nitrogens with two attached hydrogens (primary N) is 1. The highest BCUT2D eigenvalue weighted by Gasteiger charge is 2.08. The maximum atomic E-state index is 5.57. The van der Waals surface area contributed by atoms with E-state index in [2.05, 4.69) is 11.0 Å². The highest BCUT2D eigenvalue weighted by atomic mass is 16.5. The Morgan fingerprint density at radius 2 is 1.94 bits per heavy atom. The molecule has 0 spiro atoms. The van der Waals surface area contributed by atoms with Crippen molar-refractivity contribution in [2.24, 2.45) is 5.73 Å². The number of hydrogen-bond donors (Lipinski definition) is 1. The highest BCUT2D eigenvalue weighted by Crippen LogP contribution is 2.19. The van der Waals surface area contributed by atoms with E-state index in [1.54, 1.807) is 14.2 Å². The molecule has 2 N–H and O–H groups in total. The Bertz CT molecular complexity index is 323. The van der Waals surface area contributed by atoms with Crippen LogP contribution in [-0.2, 0) is 11.3 Å². The van der Waals surface area contributed by atoms with Gasteiger partial charge in [-0.05, 0) is 25.6 Å². The van der Waals surface area contributed by atoms with Gasteiger partial charge in [0.1, 0.15) is 5.75 Å². The van der Waals surface area contributed by atoms with Gasteiger partial charge in [-0.2, -0.15) is 0 Å². The summed E-state index contributed by atoms with van der Waals surface area (Å²) in [5, 5.41) is 0. The molecule has 0 amide bonds. The Balaban J connectivity index is 2.62. The van der Waals surface area contributed by atoms with Crippen molar-refractivity contribution in [2.75, 3.05) is 40.5 Å². The predicted octanol–water partition coefficient (Wildman–Crippen LogP) is 1.49. The second kappa shape index (κ2) is 8.91. The van der Waals surface area contributed by atoms with Crippen LogP contribution in [0.15, 0.2) is 24.3 Å². The van der Waals surface area contributed by atoms with Crippen molar-refractivity contribution in [1.82, 2.24) is 4.90 Å². The molecular weight excluding hydrogens is 228 g/mol. The summed E-state index contributed by atoms with van der Waals surface area (Å²) in [5.41, 5.74) is 6.77. The van der Waals surface area contributed by atoms with Crippen LogP contribution in [0.5, 0.6) is 5.75 Å². The summed E-state index contributed by atoms with van der Waals surface area (Å²) in [6.45, 7) is 4.22. The summed E-state index contributed by atoms with van der Waals surface area (Å²) in [5.74, 6) is 0.938. The lowest BCUT2D eigenvalue weighted by atomic mass is 10.2. The molecular formula is C14H24N2O2. The van der Waals surface area contributed by atoms with Gasteiger partial charge in [-0.1, -0.05) is 18.2 Å². The average molecular weight is 252 g/mol. The molecule has 0 aliphatic heterocycles. The van der Waals surface area contributed by atoms with Crippen LogP contribution < -0.4 is 10.5 Å². The van der Waals surface area contributed by atoms with E-state index in [4.69, 9.17) is 15.2 Å². The largest absolute Gasteiger partial charge is 0.496 e. The Hall–Kier alpha value is -1.10. The van der Waals surface area contributed by atoms with E-state index in [1.165, 1.54) is 5.56 Å². The van der Waals surface area contributed by atoms with Crippen LogP contribution in [0.3, 0.4) is 0 Å². The molecule has 0 saturated carbocycles. The Kier molecular flexibility index (Phi) is 7.41. The van der Waals surface area contributed by atoms with Crippen LogP contribution in [0, 0.1) is 0 Å². The van der Waals surface area contributed by atoms with E-state index in [0.29, 0.717) is 0 Å². The van der Waals surface area contributed by atoms with Crippen molar-refractivity contribution < 1.29 is 9.47 Å². The third kappa shape index (κ3) is 5.04. The van der Waals surface area contributed by atoms with Crippen LogP contribution in [0.25, 0.3) is 0 Å². The van der Waals surface area contributed by atoms with Gasteiger partial charge in [-0.25, -0.2) is 0 Å². The first-order chi connectivity index (χ1) is 8.81. The van der Waals surface area contributed by atoms with Crippen LogP contribution in [-0.4, -0.2) is 45.4 Å². The summed E-state index contributed by atoms with van der Waals surface area (Å²) in [7, 11) is 3.43. The van der Waals surface area contributed by atoms with Crippen LogP contribution >= 0.6 is 0 Å². The third-order valence-corrected chi connectivity index (χ3v) is 2.88. The molecule has 0 saturated heterocycles. The zero-order chi connectivity index (χ0) is 13.2. The smallest absolute Gasteiger partial charge is 0.123 e. The van der Waals surface area contributed by atoms with Crippen molar-refractivity contribution in [1.29, 1.82) is 0 Å². The molecule has 1 aromatic rings. The summed E-state index contributed by atoms with van der Waals surface area (Å²) in [6, 6.07) is 8.12. The summed E-state index contributed by atoms with van der Waals surface area (Å²) < 4.78 is 10.5. The second-order valence-electron chi connectivity index (χ2n) is 4.22. The van der Waals surface area contributed by atoms with Crippen LogP contribution in [0.1, 0.15) is 12.0 Å². The number of benzene rings is 1. The van der Waals surface area contributed by atoms with Gasteiger partial charge in [0.05, 0.1) is 13.7 Å². The molecule has 0 heterocycles. The summed E-state index contributed by atoms with van der Waals surface area (Å²) in [6.07, 6.45) is 0.999. The molecule has 4 nitrogen and oxygen atoms in total. The van der Waals surface area contributed by atoms with E-state index in [-0.39, 0.29) is 0 Å². The molecule has 0 aliphatic carbocycles. The van der Waals surface area contributed by atoms with E-state index in [9.17, 15) is 0 Å². The molecule has 1 aromatic carbocycles. The number of methoxy groups -OCH3 is 2. The number of para-hydroxylation sites is 1. The molecule has 0 radical (unpaired) electrons. The van der Waals surface area contributed by atoms with Gasteiger partial charge >= 0.3 is 0 Å². The van der Waals surface area contributed by atoms with Gasteiger partial charge in [0, 0.05) is 25.8 Å². The van der Waals surface area contributed by atoms with Crippen molar-refractivity contribution in [3.63, 3.8) is 0 Å². The first-order valence-corrected chi connectivity index (χ1v) is 6.35. The van der Waals surface area contributed by atoms with Crippen molar-refractivity contribution >= 4 is 0 Å². The minimum atomic E-state index is 0.718. The molecule has 0 fully saturated rings. The predicted molar refractivity (Wildman–Crippen MR) is 73.8 cm³/mol. The van der Waals surface area contributed by atoms with Gasteiger partial charge in [0.25, 0.3) is 0 Å².